The molecule has 1 aromatic heterocycles. The SMILES string of the molecule is Cc1ccccc1C(c1cc2ccccc2s1)N1CCCNCC1. The number of nitrogens with zero attached hydrogens (tertiary/aromatic N) is 1. The van der Waals surface area contributed by atoms with Gasteiger partial charge < -0.3 is 5.32 Å². The molecular weight excluding hydrogens is 312 g/mol. The molecule has 0 amide bonds. The van der Waals surface area contributed by atoms with Gasteiger partial charge in [-0.3, -0.25) is 4.90 Å². The van der Waals surface area contributed by atoms with Crippen molar-refractivity contribution in [1.82, 2.24) is 10.2 Å². The minimum atomic E-state index is 0.364. The lowest BCUT2D eigenvalue weighted by Crippen LogP contribution is -2.33. The van der Waals surface area contributed by atoms with Gasteiger partial charge in [-0.15, -0.1) is 11.3 Å². The van der Waals surface area contributed by atoms with Crippen molar-refractivity contribution in [2.75, 3.05) is 26.2 Å². The van der Waals surface area contributed by atoms with E-state index in [9.17, 15) is 0 Å². The molecule has 2 nitrogen and oxygen atoms in total. The van der Waals surface area contributed by atoms with Crippen LogP contribution in [0.15, 0.2) is 54.6 Å². The van der Waals surface area contributed by atoms with Gasteiger partial charge in [0.2, 0.25) is 0 Å². The summed E-state index contributed by atoms with van der Waals surface area (Å²) in [6.45, 7) is 6.70. The zero-order chi connectivity index (χ0) is 16.4. The van der Waals surface area contributed by atoms with Crippen molar-refractivity contribution in [3.05, 3.63) is 70.6 Å². The quantitative estimate of drug-likeness (QED) is 0.752. The van der Waals surface area contributed by atoms with E-state index < -0.39 is 0 Å². The Kier molecular flexibility index (Phi) is 4.65. The molecule has 0 saturated carbocycles. The van der Waals surface area contributed by atoms with Crippen LogP contribution in [0.2, 0.25) is 0 Å². The summed E-state index contributed by atoms with van der Waals surface area (Å²) in [5.74, 6) is 0. The van der Waals surface area contributed by atoms with Crippen LogP contribution >= 0.6 is 11.3 Å². The molecule has 1 saturated heterocycles. The maximum atomic E-state index is 3.54. The average Bonchev–Trinajstić information content (AvgIpc) is 2.84. The number of benzene rings is 2. The highest BCUT2D eigenvalue weighted by molar-refractivity contribution is 7.19. The van der Waals surface area contributed by atoms with Gasteiger partial charge in [-0.25, -0.2) is 0 Å². The van der Waals surface area contributed by atoms with Gasteiger partial charge in [0.05, 0.1) is 6.04 Å². The molecule has 0 radical (unpaired) electrons. The lowest BCUT2D eigenvalue weighted by molar-refractivity contribution is 0.243. The third kappa shape index (κ3) is 3.12. The highest BCUT2D eigenvalue weighted by atomic mass is 32.1. The molecule has 124 valence electrons. The molecule has 1 N–H and O–H groups in total. The first-order valence-corrected chi connectivity index (χ1v) is 9.63. The first-order valence-electron chi connectivity index (χ1n) is 8.82. The number of nitrogens with one attached hydrogen (secondary N) is 1. The Morgan fingerprint density at radius 3 is 2.71 bits per heavy atom. The van der Waals surface area contributed by atoms with Crippen molar-refractivity contribution in [2.24, 2.45) is 0 Å². The molecule has 3 heteroatoms. The van der Waals surface area contributed by atoms with Gasteiger partial charge in [-0.05, 0) is 48.5 Å². The highest BCUT2D eigenvalue weighted by Gasteiger charge is 2.25. The first-order chi connectivity index (χ1) is 11.8. The summed E-state index contributed by atoms with van der Waals surface area (Å²) in [5, 5.41) is 4.90. The predicted molar refractivity (Wildman–Crippen MR) is 104 cm³/mol. The van der Waals surface area contributed by atoms with Crippen molar-refractivity contribution in [3.8, 4) is 0 Å². The van der Waals surface area contributed by atoms with E-state index in [1.807, 2.05) is 11.3 Å². The van der Waals surface area contributed by atoms with Gasteiger partial charge in [0.25, 0.3) is 0 Å². The largest absolute Gasteiger partial charge is 0.315 e. The smallest absolute Gasteiger partial charge is 0.0699 e. The van der Waals surface area contributed by atoms with Crippen LogP contribution in [0.1, 0.15) is 28.5 Å². The van der Waals surface area contributed by atoms with E-state index in [2.05, 4.69) is 71.7 Å². The Hall–Kier alpha value is -1.68. The van der Waals surface area contributed by atoms with Crippen LogP contribution in [0.5, 0.6) is 0 Å². The summed E-state index contributed by atoms with van der Waals surface area (Å²) in [6, 6.07) is 20.4. The standard InChI is InChI=1S/C21H24N2S/c1-16-7-2-4-9-18(16)21(23-13-6-11-22-12-14-23)20-15-17-8-3-5-10-19(17)24-20/h2-5,7-10,15,21-22H,6,11-14H2,1H3. The zero-order valence-electron chi connectivity index (χ0n) is 14.2. The summed E-state index contributed by atoms with van der Waals surface area (Å²) in [6.07, 6.45) is 1.22. The number of hydrogen-bond acceptors (Lipinski definition) is 3. The number of aryl methyl sites for hydroxylation is 1. The van der Waals surface area contributed by atoms with E-state index >= 15 is 0 Å². The summed E-state index contributed by atoms with van der Waals surface area (Å²) >= 11 is 1.95. The molecule has 1 atom stereocenters. The van der Waals surface area contributed by atoms with Crippen LogP contribution in [-0.4, -0.2) is 31.1 Å². The number of rotatable bonds is 3. The molecule has 0 aliphatic carbocycles. The fourth-order valence-electron chi connectivity index (χ4n) is 3.69. The first kappa shape index (κ1) is 15.8. The number of thiophene rings is 1. The van der Waals surface area contributed by atoms with Gasteiger partial charge in [0.15, 0.2) is 0 Å². The van der Waals surface area contributed by atoms with Crippen LogP contribution in [0, 0.1) is 6.92 Å². The molecule has 1 unspecified atom stereocenters. The van der Waals surface area contributed by atoms with Crippen molar-refractivity contribution in [3.63, 3.8) is 0 Å². The molecule has 1 aliphatic rings. The van der Waals surface area contributed by atoms with E-state index in [0.29, 0.717) is 6.04 Å². The zero-order valence-corrected chi connectivity index (χ0v) is 15.0. The Morgan fingerprint density at radius 2 is 1.83 bits per heavy atom. The van der Waals surface area contributed by atoms with Crippen LogP contribution < -0.4 is 5.32 Å². The molecule has 4 rings (SSSR count). The minimum Gasteiger partial charge on any atom is -0.315 e. The Bertz CT molecular complexity index is 782. The molecule has 24 heavy (non-hydrogen) atoms. The Balaban J connectivity index is 1.81. The second-order valence-corrected chi connectivity index (χ2v) is 7.70. The van der Waals surface area contributed by atoms with Gasteiger partial charge in [0, 0.05) is 29.2 Å². The second-order valence-electron chi connectivity index (χ2n) is 6.59. The molecule has 0 spiro atoms. The molecule has 1 fully saturated rings. The van der Waals surface area contributed by atoms with Crippen molar-refractivity contribution >= 4 is 21.4 Å². The monoisotopic (exact) mass is 336 g/mol. The summed E-state index contributed by atoms with van der Waals surface area (Å²) in [4.78, 5) is 4.12. The van der Waals surface area contributed by atoms with Crippen molar-refractivity contribution < 1.29 is 0 Å². The van der Waals surface area contributed by atoms with E-state index in [0.717, 1.165) is 26.2 Å². The molecule has 2 heterocycles. The maximum Gasteiger partial charge on any atom is 0.0699 e. The Morgan fingerprint density at radius 1 is 1.00 bits per heavy atom. The molecule has 3 aromatic rings. The van der Waals surface area contributed by atoms with Crippen LogP contribution in [-0.2, 0) is 0 Å². The van der Waals surface area contributed by atoms with Crippen LogP contribution in [0.3, 0.4) is 0 Å². The maximum absolute atomic E-state index is 3.54. The van der Waals surface area contributed by atoms with E-state index in [4.69, 9.17) is 0 Å². The average molecular weight is 337 g/mol. The summed E-state index contributed by atoms with van der Waals surface area (Å²) < 4.78 is 1.39. The van der Waals surface area contributed by atoms with Crippen LogP contribution in [0.4, 0.5) is 0 Å². The Labute approximate surface area is 148 Å². The van der Waals surface area contributed by atoms with Gasteiger partial charge in [0.1, 0.15) is 0 Å². The van der Waals surface area contributed by atoms with Gasteiger partial charge in [-0.2, -0.15) is 0 Å². The third-order valence-corrected chi connectivity index (χ3v) is 6.11. The van der Waals surface area contributed by atoms with Crippen molar-refractivity contribution in [1.29, 1.82) is 0 Å². The van der Waals surface area contributed by atoms with Gasteiger partial charge in [-0.1, -0.05) is 42.5 Å². The van der Waals surface area contributed by atoms with E-state index in [1.54, 1.807) is 0 Å². The van der Waals surface area contributed by atoms with Gasteiger partial charge >= 0.3 is 0 Å². The summed E-state index contributed by atoms with van der Waals surface area (Å²) in [5.41, 5.74) is 2.84. The normalized spacial score (nSPS) is 17.7. The fourth-order valence-corrected chi connectivity index (χ4v) is 4.90. The lowest BCUT2D eigenvalue weighted by atomic mass is 9.98. The summed E-state index contributed by atoms with van der Waals surface area (Å²) in [7, 11) is 0. The lowest BCUT2D eigenvalue weighted by Gasteiger charge is -2.31. The predicted octanol–water partition coefficient (Wildman–Crippen LogP) is 4.59. The molecular formula is C21H24N2S. The van der Waals surface area contributed by atoms with Crippen LogP contribution in [0.25, 0.3) is 10.1 Å². The minimum absolute atomic E-state index is 0.364. The van der Waals surface area contributed by atoms with E-state index in [-0.39, 0.29) is 0 Å². The number of hydrogen-bond donors (Lipinski definition) is 1. The molecule has 0 bridgehead atoms. The second kappa shape index (κ2) is 7.06. The third-order valence-electron chi connectivity index (χ3n) is 4.94. The molecule has 2 aromatic carbocycles. The number of fused-ring (bicyclic) bond motifs is 1. The fraction of sp³-hybridized carbons (Fsp3) is 0.333. The highest BCUT2D eigenvalue weighted by Crippen LogP contribution is 2.38. The van der Waals surface area contributed by atoms with E-state index in [1.165, 1.54) is 32.5 Å². The van der Waals surface area contributed by atoms with Crippen molar-refractivity contribution in [2.45, 2.75) is 19.4 Å². The molecule has 1 aliphatic heterocycles. The topological polar surface area (TPSA) is 15.3 Å².